The number of nitro groups is 1. The highest BCUT2D eigenvalue weighted by molar-refractivity contribution is 5.95. The summed E-state index contributed by atoms with van der Waals surface area (Å²) in [4.78, 5) is 34.9. The Bertz CT molecular complexity index is 668. The van der Waals surface area contributed by atoms with E-state index < -0.39 is 16.8 Å². The lowest BCUT2D eigenvalue weighted by Gasteiger charge is -2.18. The first-order valence-corrected chi connectivity index (χ1v) is 7.22. The van der Waals surface area contributed by atoms with Gasteiger partial charge < -0.3 is 19.9 Å². The van der Waals surface area contributed by atoms with Crippen molar-refractivity contribution in [1.29, 1.82) is 0 Å². The number of carbonyl (C=O) groups is 2. The van der Waals surface area contributed by atoms with Crippen molar-refractivity contribution in [2.24, 2.45) is 0 Å². The monoisotopic (exact) mass is 375 g/mol. The maximum absolute atomic E-state index is 12.1. The number of carbonyl (C=O) groups excluding carboxylic acids is 1. The van der Waals surface area contributed by atoms with Crippen LogP contribution in [-0.4, -0.2) is 53.2 Å². The topological polar surface area (TPSA) is 131 Å². The standard InChI is InChI=1S/C14H17N3O7.ClH/c1-2-3-16(7-14(19)20)6-13(18)15-9-4-11-12(24-8-23-11)5-10(9)17(21)22;/h4-5H,2-3,6-8H2,1H3,(H,15,18)(H,19,20);1H. The molecule has 1 aliphatic rings. The summed E-state index contributed by atoms with van der Waals surface area (Å²) in [6.07, 6.45) is 0.671. The van der Waals surface area contributed by atoms with Crippen molar-refractivity contribution in [2.45, 2.75) is 13.3 Å². The third-order valence-electron chi connectivity index (χ3n) is 3.23. The third kappa shape index (κ3) is 5.47. The van der Waals surface area contributed by atoms with Crippen LogP contribution in [0.25, 0.3) is 0 Å². The molecule has 1 aliphatic heterocycles. The molecule has 0 fully saturated rings. The van der Waals surface area contributed by atoms with Crippen molar-refractivity contribution < 1.29 is 29.1 Å². The van der Waals surface area contributed by atoms with Crippen LogP contribution in [0, 0.1) is 10.1 Å². The Morgan fingerprint density at radius 1 is 1.32 bits per heavy atom. The van der Waals surface area contributed by atoms with Crippen LogP contribution in [-0.2, 0) is 9.59 Å². The van der Waals surface area contributed by atoms with Gasteiger partial charge in [-0.3, -0.25) is 24.6 Å². The molecule has 1 amide bonds. The van der Waals surface area contributed by atoms with Crippen LogP contribution in [0.1, 0.15) is 13.3 Å². The van der Waals surface area contributed by atoms with E-state index in [-0.39, 0.29) is 49.4 Å². The van der Waals surface area contributed by atoms with Gasteiger partial charge in [-0.05, 0) is 13.0 Å². The van der Waals surface area contributed by atoms with Crippen molar-refractivity contribution in [2.75, 3.05) is 31.7 Å². The van der Waals surface area contributed by atoms with Crippen molar-refractivity contribution in [1.82, 2.24) is 4.90 Å². The van der Waals surface area contributed by atoms with Crippen molar-refractivity contribution in [3.63, 3.8) is 0 Å². The van der Waals surface area contributed by atoms with E-state index in [4.69, 9.17) is 14.6 Å². The number of ether oxygens (including phenoxy) is 2. The number of nitrogens with one attached hydrogen (secondary N) is 1. The fourth-order valence-electron chi connectivity index (χ4n) is 2.30. The average molecular weight is 376 g/mol. The van der Waals surface area contributed by atoms with Gasteiger partial charge in [0.1, 0.15) is 5.69 Å². The molecule has 0 radical (unpaired) electrons. The normalized spacial score (nSPS) is 11.8. The van der Waals surface area contributed by atoms with E-state index in [0.29, 0.717) is 18.7 Å². The molecular weight excluding hydrogens is 358 g/mol. The Kier molecular flexibility index (Phi) is 7.40. The molecule has 0 bridgehead atoms. The minimum Gasteiger partial charge on any atom is -0.480 e. The van der Waals surface area contributed by atoms with Crippen LogP contribution in [0.4, 0.5) is 11.4 Å². The predicted octanol–water partition coefficient (Wildman–Crippen LogP) is 1.48. The van der Waals surface area contributed by atoms with Crippen molar-refractivity contribution >= 4 is 35.7 Å². The lowest BCUT2D eigenvalue weighted by Crippen LogP contribution is -2.37. The van der Waals surface area contributed by atoms with Crippen LogP contribution in [0.3, 0.4) is 0 Å². The molecule has 25 heavy (non-hydrogen) atoms. The highest BCUT2D eigenvalue weighted by atomic mass is 35.5. The Hall–Kier alpha value is -2.59. The second kappa shape index (κ2) is 9.04. The van der Waals surface area contributed by atoms with E-state index in [2.05, 4.69) is 5.32 Å². The van der Waals surface area contributed by atoms with Gasteiger partial charge >= 0.3 is 5.97 Å². The number of amides is 1. The van der Waals surface area contributed by atoms with Gasteiger partial charge in [-0.1, -0.05) is 6.92 Å². The molecule has 0 atom stereocenters. The fraction of sp³-hybridized carbons (Fsp3) is 0.429. The van der Waals surface area contributed by atoms with E-state index >= 15 is 0 Å². The molecule has 10 nitrogen and oxygen atoms in total. The van der Waals surface area contributed by atoms with Crippen LogP contribution in [0.2, 0.25) is 0 Å². The molecule has 0 aliphatic carbocycles. The zero-order valence-electron chi connectivity index (χ0n) is 13.4. The summed E-state index contributed by atoms with van der Waals surface area (Å²) in [5, 5.41) is 22.4. The van der Waals surface area contributed by atoms with Gasteiger partial charge in [0.05, 0.1) is 24.1 Å². The Morgan fingerprint density at radius 2 is 1.96 bits per heavy atom. The first-order chi connectivity index (χ1) is 11.4. The van der Waals surface area contributed by atoms with E-state index in [1.165, 1.54) is 17.0 Å². The maximum atomic E-state index is 12.1. The molecule has 1 aromatic carbocycles. The average Bonchev–Trinajstić information content (AvgIpc) is 2.92. The SMILES string of the molecule is CCCN(CC(=O)O)CC(=O)Nc1cc2c(cc1[N+](=O)[O-])OCO2.Cl. The van der Waals surface area contributed by atoms with Gasteiger partial charge in [0.15, 0.2) is 11.5 Å². The van der Waals surface area contributed by atoms with Crippen molar-refractivity contribution in [3.05, 3.63) is 22.2 Å². The molecule has 0 unspecified atom stereocenters. The summed E-state index contributed by atoms with van der Waals surface area (Å²) in [6.45, 7) is 1.75. The second-order valence-corrected chi connectivity index (χ2v) is 5.13. The summed E-state index contributed by atoms with van der Waals surface area (Å²) < 4.78 is 10.2. The molecule has 138 valence electrons. The van der Waals surface area contributed by atoms with Gasteiger partial charge in [0, 0.05) is 6.07 Å². The van der Waals surface area contributed by atoms with E-state index in [1.807, 2.05) is 6.92 Å². The summed E-state index contributed by atoms with van der Waals surface area (Å²) in [6, 6.07) is 2.50. The molecule has 2 N–H and O–H groups in total. The van der Waals surface area contributed by atoms with Crippen LogP contribution >= 0.6 is 12.4 Å². The smallest absolute Gasteiger partial charge is 0.317 e. The second-order valence-electron chi connectivity index (χ2n) is 5.13. The number of carboxylic acid groups (broad SMARTS) is 1. The van der Waals surface area contributed by atoms with E-state index in [9.17, 15) is 19.7 Å². The number of aliphatic carboxylic acids is 1. The number of nitrogens with zero attached hydrogens (tertiary/aromatic N) is 2. The summed E-state index contributed by atoms with van der Waals surface area (Å²) >= 11 is 0. The molecule has 0 aromatic heterocycles. The maximum Gasteiger partial charge on any atom is 0.317 e. The molecule has 0 saturated heterocycles. The molecule has 1 aromatic rings. The minimum absolute atomic E-state index is 0. The molecule has 0 spiro atoms. The predicted molar refractivity (Wildman–Crippen MR) is 89.5 cm³/mol. The largest absolute Gasteiger partial charge is 0.480 e. The number of anilines is 1. The molecule has 0 saturated carbocycles. The zero-order chi connectivity index (χ0) is 17.7. The number of halogens is 1. The number of rotatable bonds is 8. The van der Waals surface area contributed by atoms with Gasteiger partial charge in [-0.15, -0.1) is 12.4 Å². The van der Waals surface area contributed by atoms with Crippen LogP contribution in [0.15, 0.2) is 12.1 Å². The highest BCUT2D eigenvalue weighted by Crippen LogP contribution is 2.40. The first kappa shape index (κ1) is 20.5. The van der Waals surface area contributed by atoms with Gasteiger partial charge in [-0.25, -0.2) is 0 Å². The first-order valence-electron chi connectivity index (χ1n) is 7.22. The molecule has 1 heterocycles. The number of hydrogen-bond donors (Lipinski definition) is 2. The van der Waals surface area contributed by atoms with E-state index in [1.54, 1.807) is 0 Å². The Labute approximate surface area is 149 Å². The molecule has 2 rings (SSSR count). The zero-order valence-corrected chi connectivity index (χ0v) is 14.2. The summed E-state index contributed by atoms with van der Waals surface area (Å²) in [5.41, 5.74) is -0.353. The number of benzene rings is 1. The number of nitro benzene ring substituents is 1. The quantitative estimate of drug-likeness (QED) is 0.516. The number of fused-ring (bicyclic) bond motifs is 1. The van der Waals surface area contributed by atoms with Crippen molar-refractivity contribution in [3.8, 4) is 11.5 Å². The van der Waals surface area contributed by atoms with E-state index in [0.717, 1.165) is 0 Å². The van der Waals surface area contributed by atoms with Gasteiger partial charge in [-0.2, -0.15) is 0 Å². The number of carboxylic acids is 1. The lowest BCUT2D eigenvalue weighted by atomic mass is 10.2. The van der Waals surface area contributed by atoms with Crippen LogP contribution < -0.4 is 14.8 Å². The van der Waals surface area contributed by atoms with Gasteiger partial charge in [0.2, 0.25) is 12.7 Å². The number of hydrogen-bond acceptors (Lipinski definition) is 7. The van der Waals surface area contributed by atoms with Crippen LogP contribution in [0.5, 0.6) is 11.5 Å². The third-order valence-corrected chi connectivity index (χ3v) is 3.23. The summed E-state index contributed by atoms with van der Waals surface area (Å²) in [5.74, 6) is -1.07. The molecular formula is C14H18ClN3O7. The lowest BCUT2D eigenvalue weighted by molar-refractivity contribution is -0.384. The Morgan fingerprint density at radius 3 is 2.52 bits per heavy atom. The minimum atomic E-state index is -1.05. The fourth-order valence-corrected chi connectivity index (χ4v) is 2.30. The Balaban J connectivity index is 0.00000312. The van der Waals surface area contributed by atoms with Gasteiger partial charge in [0.25, 0.3) is 5.69 Å². The molecule has 11 heteroatoms. The highest BCUT2D eigenvalue weighted by Gasteiger charge is 2.25. The summed E-state index contributed by atoms with van der Waals surface area (Å²) in [7, 11) is 0.